The number of nitrogens with zero attached hydrogens (tertiary/aromatic N) is 2. The zero-order valence-corrected chi connectivity index (χ0v) is 9.69. The molecule has 1 aliphatic rings. The molecule has 84 valence electrons. The maximum absolute atomic E-state index is 5.83. The Bertz CT molecular complexity index is 308. The van der Waals surface area contributed by atoms with Gasteiger partial charge in [-0.2, -0.15) is 0 Å². The molecule has 1 aliphatic carbocycles. The summed E-state index contributed by atoms with van der Waals surface area (Å²) in [4.78, 5) is 4.29. The minimum Gasteiger partial charge on any atom is -0.331 e. The Kier molecular flexibility index (Phi) is 3.10. The fourth-order valence-electron chi connectivity index (χ4n) is 2.50. The largest absolute Gasteiger partial charge is 0.331 e. The molecule has 0 aromatic carbocycles. The fraction of sp³-hybridized carbons (Fsp3) is 0.750. The molecule has 1 aromatic heterocycles. The molecule has 3 heteroatoms. The van der Waals surface area contributed by atoms with E-state index in [1.54, 1.807) is 0 Å². The molecule has 0 radical (unpaired) electrons. The Morgan fingerprint density at radius 3 is 2.67 bits per heavy atom. The molecule has 1 aromatic rings. The van der Waals surface area contributed by atoms with E-state index in [2.05, 4.69) is 23.4 Å². The summed E-state index contributed by atoms with van der Waals surface area (Å²) in [6.45, 7) is 4.50. The van der Waals surface area contributed by atoms with Crippen LogP contribution in [0.1, 0.15) is 57.2 Å². The summed E-state index contributed by atoms with van der Waals surface area (Å²) in [7, 11) is 0. The van der Waals surface area contributed by atoms with Gasteiger partial charge in [0.25, 0.3) is 0 Å². The minimum absolute atomic E-state index is 0.409. The van der Waals surface area contributed by atoms with Crippen molar-refractivity contribution < 1.29 is 0 Å². The molecule has 15 heavy (non-hydrogen) atoms. The third kappa shape index (κ3) is 1.93. The van der Waals surface area contributed by atoms with E-state index in [0.717, 1.165) is 12.8 Å². The van der Waals surface area contributed by atoms with Crippen LogP contribution in [0.5, 0.6) is 0 Å². The minimum atomic E-state index is 0.409. The van der Waals surface area contributed by atoms with E-state index in [-0.39, 0.29) is 0 Å². The summed E-state index contributed by atoms with van der Waals surface area (Å²) in [5, 5.41) is 0. The van der Waals surface area contributed by atoms with Crippen molar-refractivity contribution in [3.8, 4) is 0 Å². The molecule has 2 rings (SSSR count). The van der Waals surface area contributed by atoms with Gasteiger partial charge in [0.15, 0.2) is 0 Å². The van der Waals surface area contributed by atoms with Gasteiger partial charge in [0.05, 0.1) is 6.33 Å². The molecular formula is C12H21N3. The van der Waals surface area contributed by atoms with Crippen LogP contribution in [0, 0.1) is 0 Å². The van der Waals surface area contributed by atoms with E-state index in [1.165, 1.54) is 18.5 Å². The molecule has 0 aliphatic heterocycles. The summed E-state index contributed by atoms with van der Waals surface area (Å²) in [6.07, 6.45) is 8.63. The number of aromatic nitrogens is 2. The van der Waals surface area contributed by atoms with Gasteiger partial charge in [-0.25, -0.2) is 4.98 Å². The van der Waals surface area contributed by atoms with Crippen LogP contribution in [0.4, 0.5) is 0 Å². The van der Waals surface area contributed by atoms with Crippen molar-refractivity contribution in [2.45, 2.75) is 57.5 Å². The van der Waals surface area contributed by atoms with E-state index in [9.17, 15) is 0 Å². The molecule has 2 N–H and O–H groups in total. The van der Waals surface area contributed by atoms with Crippen molar-refractivity contribution in [3.63, 3.8) is 0 Å². The quantitative estimate of drug-likeness (QED) is 0.824. The van der Waals surface area contributed by atoms with Crippen molar-refractivity contribution in [1.29, 1.82) is 0 Å². The average molecular weight is 207 g/mol. The molecule has 0 saturated heterocycles. The molecule has 1 saturated carbocycles. The highest BCUT2D eigenvalue weighted by molar-refractivity contribution is 5.09. The first kappa shape index (κ1) is 10.7. The van der Waals surface area contributed by atoms with E-state index < -0.39 is 0 Å². The van der Waals surface area contributed by atoms with Crippen molar-refractivity contribution in [3.05, 3.63) is 18.2 Å². The van der Waals surface area contributed by atoms with Crippen molar-refractivity contribution in [2.24, 2.45) is 5.73 Å². The molecular weight excluding hydrogens is 186 g/mol. The van der Waals surface area contributed by atoms with Crippen LogP contribution in [0.15, 0.2) is 12.5 Å². The van der Waals surface area contributed by atoms with Crippen molar-refractivity contribution in [1.82, 2.24) is 9.55 Å². The highest BCUT2D eigenvalue weighted by Gasteiger charge is 2.29. The Morgan fingerprint density at radius 2 is 2.13 bits per heavy atom. The first-order valence-corrected chi connectivity index (χ1v) is 6.03. The van der Waals surface area contributed by atoms with Gasteiger partial charge in [-0.15, -0.1) is 0 Å². The molecule has 1 fully saturated rings. The highest BCUT2D eigenvalue weighted by atomic mass is 15.1. The number of hydrogen-bond donors (Lipinski definition) is 1. The van der Waals surface area contributed by atoms with Gasteiger partial charge in [-0.3, -0.25) is 0 Å². The summed E-state index contributed by atoms with van der Waals surface area (Å²) in [5.41, 5.74) is 7.23. The smallest absolute Gasteiger partial charge is 0.0950 e. The zero-order chi connectivity index (χ0) is 10.8. The number of rotatable bonds is 4. The van der Waals surface area contributed by atoms with Crippen LogP contribution in [-0.2, 0) is 0 Å². The molecule has 1 heterocycles. The topological polar surface area (TPSA) is 43.8 Å². The van der Waals surface area contributed by atoms with Gasteiger partial charge in [0.1, 0.15) is 0 Å². The average Bonchev–Trinajstić information content (AvgIpc) is 2.64. The van der Waals surface area contributed by atoms with Crippen LogP contribution < -0.4 is 5.73 Å². The number of imidazole rings is 1. The van der Waals surface area contributed by atoms with Gasteiger partial charge in [-0.05, 0) is 25.7 Å². The first-order chi connectivity index (χ1) is 7.26. The molecule has 0 spiro atoms. The molecule has 0 atom stereocenters. The standard InChI is InChI=1S/C12H21N3/c1-3-9(4-2)12-7-14-8-15(12)11-5-10(13)6-11/h7-11H,3-6,13H2,1-2H3. The van der Waals surface area contributed by atoms with E-state index in [1.807, 2.05) is 12.5 Å². The highest BCUT2D eigenvalue weighted by Crippen LogP contribution is 2.34. The van der Waals surface area contributed by atoms with Gasteiger partial charge < -0.3 is 10.3 Å². The van der Waals surface area contributed by atoms with Gasteiger partial charge in [0.2, 0.25) is 0 Å². The zero-order valence-electron chi connectivity index (χ0n) is 9.69. The first-order valence-electron chi connectivity index (χ1n) is 6.03. The van der Waals surface area contributed by atoms with E-state index >= 15 is 0 Å². The third-order valence-electron chi connectivity index (χ3n) is 3.64. The van der Waals surface area contributed by atoms with Gasteiger partial charge >= 0.3 is 0 Å². The van der Waals surface area contributed by atoms with E-state index in [4.69, 9.17) is 5.73 Å². The molecule has 0 amide bonds. The molecule has 0 bridgehead atoms. The Morgan fingerprint density at radius 1 is 1.47 bits per heavy atom. The van der Waals surface area contributed by atoms with Crippen LogP contribution in [-0.4, -0.2) is 15.6 Å². The lowest BCUT2D eigenvalue weighted by molar-refractivity contribution is 0.258. The predicted octanol–water partition coefficient (Wildman–Crippen LogP) is 2.45. The lowest BCUT2D eigenvalue weighted by Gasteiger charge is -2.35. The maximum atomic E-state index is 5.83. The van der Waals surface area contributed by atoms with Gasteiger partial charge in [-0.1, -0.05) is 13.8 Å². The summed E-state index contributed by atoms with van der Waals surface area (Å²) in [5.74, 6) is 0.657. The summed E-state index contributed by atoms with van der Waals surface area (Å²) < 4.78 is 2.35. The van der Waals surface area contributed by atoms with Crippen molar-refractivity contribution in [2.75, 3.05) is 0 Å². The number of hydrogen-bond acceptors (Lipinski definition) is 2. The second-order valence-electron chi connectivity index (χ2n) is 4.62. The second-order valence-corrected chi connectivity index (χ2v) is 4.62. The lowest BCUT2D eigenvalue weighted by Crippen LogP contribution is -2.38. The van der Waals surface area contributed by atoms with Crippen LogP contribution in [0.25, 0.3) is 0 Å². The Hall–Kier alpha value is -0.830. The second kappa shape index (κ2) is 4.35. The fourth-order valence-corrected chi connectivity index (χ4v) is 2.50. The van der Waals surface area contributed by atoms with Gasteiger partial charge in [0, 0.05) is 29.9 Å². The number of nitrogens with two attached hydrogens (primary N) is 1. The normalized spacial score (nSPS) is 25.6. The maximum Gasteiger partial charge on any atom is 0.0950 e. The van der Waals surface area contributed by atoms with Crippen LogP contribution in [0.2, 0.25) is 0 Å². The lowest BCUT2D eigenvalue weighted by atomic mass is 9.86. The van der Waals surface area contributed by atoms with Crippen LogP contribution in [0.3, 0.4) is 0 Å². The Labute approximate surface area is 91.7 Å². The summed E-state index contributed by atoms with van der Waals surface area (Å²) >= 11 is 0. The van der Waals surface area contributed by atoms with Crippen molar-refractivity contribution >= 4 is 0 Å². The summed E-state index contributed by atoms with van der Waals surface area (Å²) in [6, 6.07) is 1.02. The third-order valence-corrected chi connectivity index (χ3v) is 3.64. The van der Waals surface area contributed by atoms with Crippen LogP contribution >= 0.6 is 0 Å². The van der Waals surface area contributed by atoms with E-state index in [0.29, 0.717) is 18.0 Å². The molecule has 3 nitrogen and oxygen atoms in total. The predicted molar refractivity (Wildman–Crippen MR) is 61.8 cm³/mol. The molecule has 0 unspecified atom stereocenters. The SMILES string of the molecule is CCC(CC)c1cncn1C1CC(N)C1. The monoisotopic (exact) mass is 207 g/mol. The Balaban J connectivity index is 2.14.